The van der Waals surface area contributed by atoms with Crippen LogP contribution in [0, 0.1) is 0 Å². The molecule has 0 unspecified atom stereocenters. The van der Waals surface area contributed by atoms with E-state index in [2.05, 4.69) is 10.2 Å². The summed E-state index contributed by atoms with van der Waals surface area (Å²) in [5.74, 6) is 0.175. The fourth-order valence-electron chi connectivity index (χ4n) is 5.37. The van der Waals surface area contributed by atoms with Crippen molar-refractivity contribution < 1.29 is 24.5 Å². The van der Waals surface area contributed by atoms with Crippen molar-refractivity contribution in [1.29, 1.82) is 0 Å². The normalized spacial score (nSPS) is 16.1. The smallest absolute Gasteiger partial charge is 0.255 e. The van der Waals surface area contributed by atoms with Crippen molar-refractivity contribution in [2.24, 2.45) is 0 Å². The van der Waals surface area contributed by atoms with Crippen LogP contribution in [0.4, 0.5) is 5.69 Å². The number of anilines is 1. The number of aromatic nitrogens is 1. The number of ether oxygens (including phenoxy) is 1. The number of fused-ring (bicyclic) bond motifs is 2. The summed E-state index contributed by atoms with van der Waals surface area (Å²) >= 11 is 6.14. The number of nitrogens with one attached hydrogen (secondary N) is 1. The molecule has 2 aliphatic heterocycles. The number of hydrogen-bond donors (Lipinski definition) is 3. The SMILES string of the molecule is O=C(CN1CCc2nc3ccccc3c(C(=O)N3CCN(CCO)CC3)c2C1)Nc1cc(Cl)ccc1OCCO. The number of carbonyl (C=O) groups excluding carboxylic acids is 2. The van der Waals surface area contributed by atoms with Gasteiger partial charge >= 0.3 is 0 Å². The Balaban J connectivity index is 1.35. The molecule has 1 fully saturated rings. The summed E-state index contributed by atoms with van der Waals surface area (Å²) in [5, 5.41) is 22.5. The molecule has 1 saturated heterocycles. The lowest BCUT2D eigenvalue weighted by molar-refractivity contribution is -0.117. The van der Waals surface area contributed by atoms with Crippen LogP contribution in [0.1, 0.15) is 21.6 Å². The molecule has 0 spiro atoms. The number of aliphatic hydroxyl groups excluding tert-OH is 2. The average molecular weight is 568 g/mol. The third-order valence-corrected chi connectivity index (χ3v) is 7.58. The molecule has 3 heterocycles. The van der Waals surface area contributed by atoms with Gasteiger partial charge < -0.3 is 25.2 Å². The first-order valence-corrected chi connectivity index (χ1v) is 13.9. The zero-order valence-corrected chi connectivity index (χ0v) is 23.1. The highest BCUT2D eigenvalue weighted by Gasteiger charge is 2.30. The van der Waals surface area contributed by atoms with E-state index in [0.29, 0.717) is 61.2 Å². The predicted molar refractivity (Wildman–Crippen MR) is 153 cm³/mol. The van der Waals surface area contributed by atoms with Crippen molar-refractivity contribution in [2.75, 3.05) is 71.0 Å². The van der Waals surface area contributed by atoms with E-state index in [4.69, 9.17) is 26.4 Å². The highest BCUT2D eigenvalue weighted by molar-refractivity contribution is 6.31. The summed E-state index contributed by atoms with van der Waals surface area (Å²) in [6, 6.07) is 12.7. The van der Waals surface area contributed by atoms with E-state index in [1.54, 1.807) is 18.2 Å². The zero-order valence-electron chi connectivity index (χ0n) is 22.3. The van der Waals surface area contributed by atoms with Gasteiger partial charge in [-0.2, -0.15) is 0 Å². The summed E-state index contributed by atoms with van der Waals surface area (Å²) in [5.41, 5.74) is 3.66. The van der Waals surface area contributed by atoms with Gasteiger partial charge in [0.15, 0.2) is 0 Å². The van der Waals surface area contributed by atoms with E-state index < -0.39 is 0 Å². The second kappa shape index (κ2) is 12.9. The van der Waals surface area contributed by atoms with Gasteiger partial charge in [0.1, 0.15) is 12.4 Å². The number of amides is 2. The lowest BCUT2D eigenvalue weighted by Gasteiger charge is -2.36. The summed E-state index contributed by atoms with van der Waals surface area (Å²) in [7, 11) is 0. The molecule has 2 aliphatic rings. The van der Waals surface area contributed by atoms with Gasteiger partial charge in [0.05, 0.1) is 36.5 Å². The van der Waals surface area contributed by atoms with Crippen molar-refractivity contribution in [1.82, 2.24) is 19.7 Å². The maximum Gasteiger partial charge on any atom is 0.255 e. The first-order valence-electron chi connectivity index (χ1n) is 13.5. The molecule has 0 atom stereocenters. The quantitative estimate of drug-likeness (QED) is 0.359. The van der Waals surface area contributed by atoms with Crippen molar-refractivity contribution in [3.05, 3.63) is 64.3 Å². The second-order valence-corrected chi connectivity index (χ2v) is 10.4. The molecule has 11 heteroatoms. The van der Waals surface area contributed by atoms with Crippen LogP contribution in [0.15, 0.2) is 42.5 Å². The van der Waals surface area contributed by atoms with E-state index in [-0.39, 0.29) is 38.2 Å². The van der Waals surface area contributed by atoms with Crippen molar-refractivity contribution in [3.63, 3.8) is 0 Å². The average Bonchev–Trinajstić information content (AvgIpc) is 2.96. The minimum atomic E-state index is -0.235. The van der Waals surface area contributed by atoms with Crippen LogP contribution in [0.5, 0.6) is 5.75 Å². The second-order valence-electron chi connectivity index (χ2n) is 10.0. The number of benzene rings is 2. The number of β-amino-alcohol motifs (C(OH)–C–C–N with tert-alkyl or cyclic N) is 1. The number of rotatable bonds is 9. The molecule has 3 N–H and O–H groups in total. The highest BCUT2D eigenvalue weighted by atomic mass is 35.5. The van der Waals surface area contributed by atoms with Crippen molar-refractivity contribution >= 4 is 40.0 Å². The number of nitrogens with zero attached hydrogens (tertiary/aromatic N) is 4. The Hall–Kier alpha value is -3.28. The monoisotopic (exact) mass is 567 g/mol. The largest absolute Gasteiger partial charge is 0.489 e. The molecule has 0 radical (unpaired) electrons. The molecule has 5 rings (SSSR count). The number of hydrogen-bond acceptors (Lipinski definition) is 8. The molecule has 2 aromatic carbocycles. The standard InChI is InChI=1S/C29H34ClN5O5/c30-20-5-6-26(40-16-15-37)25(17-20)32-27(38)19-34-8-7-24-22(18-34)28(21-3-1-2-4-23(21)31-24)29(39)35-11-9-33(10-12-35)13-14-36/h1-6,17,36-37H,7-16,18-19H2,(H,32,38). The topological polar surface area (TPSA) is 118 Å². The Morgan fingerprint density at radius 2 is 1.80 bits per heavy atom. The lowest BCUT2D eigenvalue weighted by atomic mass is 9.94. The molecule has 3 aromatic rings. The number of aliphatic hydroxyl groups is 2. The van der Waals surface area contributed by atoms with Crippen LogP contribution in [-0.2, 0) is 17.8 Å². The molecular formula is C29H34ClN5O5. The van der Waals surface area contributed by atoms with Gasteiger partial charge in [0.25, 0.3) is 5.91 Å². The zero-order chi connectivity index (χ0) is 28.1. The van der Waals surface area contributed by atoms with Crippen LogP contribution >= 0.6 is 11.6 Å². The highest BCUT2D eigenvalue weighted by Crippen LogP contribution is 2.31. The summed E-state index contributed by atoms with van der Waals surface area (Å²) in [4.78, 5) is 38.0. The molecule has 0 bridgehead atoms. The van der Waals surface area contributed by atoms with E-state index in [9.17, 15) is 14.7 Å². The fraction of sp³-hybridized carbons (Fsp3) is 0.414. The minimum absolute atomic E-state index is 0.0191. The first-order chi connectivity index (χ1) is 19.5. The lowest BCUT2D eigenvalue weighted by Crippen LogP contribution is -2.49. The minimum Gasteiger partial charge on any atom is -0.489 e. The molecule has 2 amide bonds. The molecule has 10 nitrogen and oxygen atoms in total. The van der Waals surface area contributed by atoms with Crippen LogP contribution in [0.3, 0.4) is 0 Å². The van der Waals surface area contributed by atoms with Crippen molar-refractivity contribution in [2.45, 2.75) is 13.0 Å². The van der Waals surface area contributed by atoms with Gasteiger partial charge in [0.2, 0.25) is 5.91 Å². The van der Waals surface area contributed by atoms with Gasteiger partial charge in [-0.15, -0.1) is 0 Å². The Morgan fingerprint density at radius 3 is 2.58 bits per heavy atom. The fourth-order valence-corrected chi connectivity index (χ4v) is 5.55. The van der Waals surface area contributed by atoms with Crippen LogP contribution < -0.4 is 10.1 Å². The maximum atomic E-state index is 14.0. The van der Waals surface area contributed by atoms with Gasteiger partial charge in [-0.3, -0.25) is 24.4 Å². The van der Waals surface area contributed by atoms with E-state index in [1.807, 2.05) is 34.1 Å². The summed E-state index contributed by atoms with van der Waals surface area (Å²) in [6.45, 7) is 4.46. The van der Waals surface area contributed by atoms with Crippen LogP contribution in [0.25, 0.3) is 10.9 Å². The van der Waals surface area contributed by atoms with Gasteiger partial charge in [-0.1, -0.05) is 29.8 Å². The maximum absolute atomic E-state index is 14.0. The Bertz CT molecular complexity index is 1380. The summed E-state index contributed by atoms with van der Waals surface area (Å²) < 4.78 is 5.54. The van der Waals surface area contributed by atoms with E-state index in [1.165, 1.54) is 0 Å². The van der Waals surface area contributed by atoms with Crippen LogP contribution in [0.2, 0.25) is 5.02 Å². The first kappa shape index (κ1) is 28.3. The Kier molecular flexibility index (Phi) is 9.13. The molecular weight excluding hydrogens is 534 g/mol. The number of halogens is 1. The number of pyridine rings is 1. The third kappa shape index (κ3) is 6.37. The molecule has 0 aliphatic carbocycles. The van der Waals surface area contributed by atoms with E-state index >= 15 is 0 Å². The predicted octanol–water partition coefficient (Wildman–Crippen LogP) is 2.01. The van der Waals surface area contributed by atoms with Crippen molar-refractivity contribution in [3.8, 4) is 5.75 Å². The molecule has 40 heavy (non-hydrogen) atoms. The van der Waals surface area contributed by atoms with Crippen LogP contribution in [-0.4, -0.2) is 107 Å². The number of piperazine rings is 1. The molecule has 212 valence electrons. The van der Waals surface area contributed by atoms with Gasteiger partial charge in [-0.25, -0.2) is 0 Å². The van der Waals surface area contributed by atoms with Gasteiger partial charge in [0, 0.05) is 73.9 Å². The Morgan fingerprint density at radius 1 is 1.00 bits per heavy atom. The number of carbonyl (C=O) groups is 2. The molecule has 0 saturated carbocycles. The molecule has 1 aromatic heterocycles. The summed E-state index contributed by atoms with van der Waals surface area (Å²) in [6.07, 6.45) is 0.625. The number of para-hydroxylation sites is 1. The Labute approximate surface area is 238 Å². The van der Waals surface area contributed by atoms with E-state index in [0.717, 1.165) is 35.2 Å². The van der Waals surface area contributed by atoms with Gasteiger partial charge in [-0.05, 0) is 24.3 Å². The third-order valence-electron chi connectivity index (χ3n) is 7.35.